The van der Waals surface area contributed by atoms with Gasteiger partial charge in [0.2, 0.25) is 0 Å². The number of hydrogen-bond acceptors (Lipinski definition) is 2. The summed E-state index contributed by atoms with van der Waals surface area (Å²) in [5.74, 6) is -0.219. The number of benzene rings is 1. The first kappa shape index (κ1) is 9.21. The molecule has 3 heteroatoms. The summed E-state index contributed by atoms with van der Waals surface area (Å²) in [6.45, 7) is 0.612. The number of hydrogen-bond donors (Lipinski definition) is 1. The Morgan fingerprint density at radius 3 is 3.00 bits per heavy atom. The van der Waals surface area contributed by atoms with Crippen molar-refractivity contribution >= 4 is 11.0 Å². The molecule has 0 amide bonds. The molecular weight excluding hydrogens is 181 g/mol. The van der Waals surface area contributed by atoms with Crippen molar-refractivity contribution in [3.63, 3.8) is 0 Å². The molecule has 74 valence electrons. The van der Waals surface area contributed by atoms with Crippen molar-refractivity contribution in [2.45, 2.75) is 12.8 Å². The van der Waals surface area contributed by atoms with Crippen LogP contribution in [0.2, 0.25) is 0 Å². The van der Waals surface area contributed by atoms with Crippen molar-refractivity contribution in [3.8, 4) is 0 Å². The van der Waals surface area contributed by atoms with E-state index in [1.165, 1.54) is 6.07 Å². The lowest BCUT2D eigenvalue weighted by molar-refractivity contribution is 0.606. The van der Waals surface area contributed by atoms with Crippen LogP contribution < -0.4 is 5.73 Å². The molecule has 1 aromatic carbocycles. The molecule has 1 aromatic heterocycles. The molecule has 0 unspecified atom stereocenters. The molecule has 0 aliphatic rings. The van der Waals surface area contributed by atoms with E-state index in [0.717, 1.165) is 18.4 Å². The molecule has 0 spiro atoms. The van der Waals surface area contributed by atoms with Gasteiger partial charge in [-0.25, -0.2) is 4.39 Å². The second-order valence-electron chi connectivity index (χ2n) is 3.27. The summed E-state index contributed by atoms with van der Waals surface area (Å²) in [6.07, 6.45) is 3.23. The van der Waals surface area contributed by atoms with E-state index in [2.05, 4.69) is 0 Å². The third-order valence-corrected chi connectivity index (χ3v) is 2.27. The molecule has 0 fully saturated rings. The Bertz CT molecular complexity index is 436. The van der Waals surface area contributed by atoms with Gasteiger partial charge in [0.1, 0.15) is 11.4 Å². The number of aryl methyl sites for hydroxylation is 1. The van der Waals surface area contributed by atoms with Crippen LogP contribution in [0.4, 0.5) is 4.39 Å². The molecule has 14 heavy (non-hydrogen) atoms. The van der Waals surface area contributed by atoms with E-state index >= 15 is 0 Å². The van der Waals surface area contributed by atoms with E-state index in [9.17, 15) is 4.39 Å². The number of nitrogens with two attached hydrogens (primary N) is 1. The van der Waals surface area contributed by atoms with Gasteiger partial charge in [-0.3, -0.25) is 0 Å². The summed E-state index contributed by atoms with van der Waals surface area (Å²) in [5.41, 5.74) is 6.92. The highest BCUT2D eigenvalue weighted by Crippen LogP contribution is 2.24. The first-order valence-corrected chi connectivity index (χ1v) is 4.67. The minimum absolute atomic E-state index is 0.219. The zero-order valence-corrected chi connectivity index (χ0v) is 7.79. The van der Waals surface area contributed by atoms with Crippen molar-refractivity contribution < 1.29 is 8.81 Å². The summed E-state index contributed by atoms with van der Waals surface area (Å²) in [7, 11) is 0. The monoisotopic (exact) mass is 193 g/mol. The van der Waals surface area contributed by atoms with Gasteiger partial charge < -0.3 is 10.2 Å². The Morgan fingerprint density at radius 1 is 1.36 bits per heavy atom. The van der Waals surface area contributed by atoms with E-state index < -0.39 is 0 Å². The van der Waals surface area contributed by atoms with Gasteiger partial charge in [0, 0.05) is 5.56 Å². The zero-order valence-electron chi connectivity index (χ0n) is 7.79. The van der Waals surface area contributed by atoms with Gasteiger partial charge in [-0.2, -0.15) is 0 Å². The molecule has 0 radical (unpaired) electrons. The van der Waals surface area contributed by atoms with Gasteiger partial charge in [-0.15, -0.1) is 0 Å². The molecule has 2 rings (SSSR count). The summed E-state index contributed by atoms with van der Waals surface area (Å²) in [6, 6.07) is 4.86. The molecular formula is C11H12FNO. The summed E-state index contributed by atoms with van der Waals surface area (Å²) < 4.78 is 18.7. The van der Waals surface area contributed by atoms with Crippen molar-refractivity contribution in [2.24, 2.45) is 5.73 Å². The summed E-state index contributed by atoms with van der Waals surface area (Å²) >= 11 is 0. The van der Waals surface area contributed by atoms with Gasteiger partial charge in [0.15, 0.2) is 0 Å². The average molecular weight is 193 g/mol. The van der Waals surface area contributed by atoms with Crippen LogP contribution in [-0.2, 0) is 6.42 Å². The predicted molar refractivity (Wildman–Crippen MR) is 53.5 cm³/mol. The van der Waals surface area contributed by atoms with E-state index in [-0.39, 0.29) is 5.82 Å². The maximum absolute atomic E-state index is 13.4. The Labute approximate surface area is 81.5 Å². The molecule has 0 aliphatic heterocycles. The summed E-state index contributed by atoms with van der Waals surface area (Å²) in [4.78, 5) is 0. The molecule has 0 bridgehead atoms. The smallest absolute Gasteiger partial charge is 0.137 e. The first-order valence-electron chi connectivity index (χ1n) is 4.67. The molecule has 0 saturated heterocycles. The molecule has 1 heterocycles. The van der Waals surface area contributed by atoms with Crippen LogP contribution in [0.1, 0.15) is 12.0 Å². The molecule has 0 aliphatic carbocycles. The van der Waals surface area contributed by atoms with Gasteiger partial charge in [-0.1, -0.05) is 6.07 Å². The molecule has 0 atom stereocenters. The van der Waals surface area contributed by atoms with Crippen molar-refractivity contribution in [3.05, 3.63) is 35.8 Å². The van der Waals surface area contributed by atoms with E-state index in [0.29, 0.717) is 17.5 Å². The number of halogens is 1. The van der Waals surface area contributed by atoms with Crippen LogP contribution >= 0.6 is 0 Å². The second kappa shape index (κ2) is 3.80. The van der Waals surface area contributed by atoms with Crippen LogP contribution in [0.15, 0.2) is 28.9 Å². The third-order valence-electron chi connectivity index (χ3n) is 2.27. The van der Waals surface area contributed by atoms with Gasteiger partial charge in [-0.05, 0) is 31.5 Å². The van der Waals surface area contributed by atoms with E-state index in [1.807, 2.05) is 0 Å². The molecule has 2 N–H and O–H groups in total. The fraction of sp³-hybridized carbons (Fsp3) is 0.273. The molecule has 2 aromatic rings. The van der Waals surface area contributed by atoms with Crippen molar-refractivity contribution in [1.82, 2.24) is 0 Å². The number of furan rings is 1. The fourth-order valence-corrected chi connectivity index (χ4v) is 1.58. The van der Waals surface area contributed by atoms with Gasteiger partial charge in [0.05, 0.1) is 11.6 Å². The lowest BCUT2D eigenvalue weighted by atomic mass is 10.1. The normalized spacial score (nSPS) is 11.0. The molecule has 2 nitrogen and oxygen atoms in total. The highest BCUT2D eigenvalue weighted by Gasteiger charge is 2.09. The van der Waals surface area contributed by atoms with Crippen LogP contribution in [0.3, 0.4) is 0 Å². The summed E-state index contributed by atoms with van der Waals surface area (Å²) in [5, 5.41) is 0.598. The number of rotatable bonds is 3. The largest absolute Gasteiger partial charge is 0.464 e. The van der Waals surface area contributed by atoms with Crippen LogP contribution in [-0.4, -0.2) is 6.54 Å². The third kappa shape index (κ3) is 1.51. The second-order valence-corrected chi connectivity index (χ2v) is 3.27. The lowest BCUT2D eigenvalue weighted by Gasteiger charge is -1.96. The van der Waals surface area contributed by atoms with E-state index in [4.69, 9.17) is 10.2 Å². The van der Waals surface area contributed by atoms with Gasteiger partial charge >= 0.3 is 0 Å². The fourth-order valence-electron chi connectivity index (χ4n) is 1.58. The van der Waals surface area contributed by atoms with Crippen LogP contribution in [0, 0.1) is 5.82 Å². The molecule has 0 saturated carbocycles. The van der Waals surface area contributed by atoms with Crippen LogP contribution in [0.5, 0.6) is 0 Å². The Hall–Kier alpha value is -1.35. The van der Waals surface area contributed by atoms with Gasteiger partial charge in [0.25, 0.3) is 0 Å². The lowest BCUT2D eigenvalue weighted by Crippen LogP contribution is -2.00. The van der Waals surface area contributed by atoms with Crippen molar-refractivity contribution in [2.75, 3.05) is 6.54 Å². The SMILES string of the molecule is NCCCc1coc2cccc(F)c12. The zero-order chi connectivity index (χ0) is 9.97. The highest BCUT2D eigenvalue weighted by atomic mass is 19.1. The topological polar surface area (TPSA) is 39.2 Å². The standard InChI is InChI=1S/C11H12FNO/c12-9-4-1-5-10-11(9)8(7-14-10)3-2-6-13/h1,4-5,7H,2-3,6,13H2. The van der Waals surface area contributed by atoms with E-state index in [1.54, 1.807) is 18.4 Å². The number of fused-ring (bicyclic) bond motifs is 1. The first-order chi connectivity index (χ1) is 6.83. The Balaban J connectivity index is 2.45. The minimum atomic E-state index is -0.219. The quantitative estimate of drug-likeness (QED) is 0.813. The average Bonchev–Trinajstić information content (AvgIpc) is 2.59. The maximum Gasteiger partial charge on any atom is 0.137 e. The predicted octanol–water partition coefficient (Wildman–Crippen LogP) is 2.46. The Morgan fingerprint density at radius 2 is 2.21 bits per heavy atom. The maximum atomic E-state index is 13.4. The van der Waals surface area contributed by atoms with Crippen LogP contribution in [0.25, 0.3) is 11.0 Å². The van der Waals surface area contributed by atoms with Crippen molar-refractivity contribution in [1.29, 1.82) is 0 Å². The highest BCUT2D eigenvalue weighted by molar-refractivity contribution is 5.81. The Kier molecular flexibility index (Phi) is 2.50. The minimum Gasteiger partial charge on any atom is -0.464 e.